The molecule has 0 saturated heterocycles. The van der Waals surface area contributed by atoms with Crippen LogP contribution in [0, 0.1) is 27.7 Å². The van der Waals surface area contributed by atoms with Crippen LogP contribution >= 0.6 is 0 Å². The first kappa shape index (κ1) is 33.8. The molecule has 0 aromatic heterocycles. The molecule has 0 fully saturated rings. The molecular weight excluding hydrogens is 420 g/mol. The van der Waals surface area contributed by atoms with Gasteiger partial charge in [-0.25, -0.2) is 0 Å². The SMILES string of the molecule is Cc1cc(C)c(C)c(C)c1.F[B-](F)(F)F.F[B-](F)(F)F.F[B-](F)(F)F.[KH]. The summed E-state index contributed by atoms with van der Waals surface area (Å²) >= 11 is 0. The Kier molecular flexibility index (Phi) is 18.5. The van der Waals surface area contributed by atoms with Crippen molar-refractivity contribution in [1.29, 1.82) is 0 Å². The molecule has 0 atom stereocenters. The molecule has 0 amide bonds. The van der Waals surface area contributed by atoms with Crippen molar-refractivity contribution < 1.29 is 51.8 Å². The van der Waals surface area contributed by atoms with Crippen LogP contribution < -0.4 is 0 Å². The minimum absolute atomic E-state index is 0. The van der Waals surface area contributed by atoms with Gasteiger partial charge in [0, 0.05) is 0 Å². The second-order valence-electron chi connectivity index (χ2n) is 4.51. The normalized spacial score (nSPS) is 10.8. The van der Waals surface area contributed by atoms with Crippen molar-refractivity contribution in [3.05, 3.63) is 34.4 Å². The van der Waals surface area contributed by atoms with Crippen LogP contribution in [0.3, 0.4) is 0 Å². The minimum atomic E-state index is -6.00. The Morgan fingerprint density at radius 3 is 0.808 bits per heavy atom. The predicted octanol–water partition coefficient (Wildman–Crippen LogP) is 6.17. The van der Waals surface area contributed by atoms with Gasteiger partial charge in [0.05, 0.1) is 0 Å². The number of aryl methyl sites for hydroxylation is 3. The van der Waals surface area contributed by atoms with Gasteiger partial charge in [-0.2, -0.15) is 0 Å². The summed E-state index contributed by atoms with van der Waals surface area (Å²) in [5.74, 6) is 0. The van der Waals surface area contributed by atoms with Gasteiger partial charge in [0.2, 0.25) is 0 Å². The third kappa shape index (κ3) is 49.6. The fourth-order valence-corrected chi connectivity index (χ4v) is 1.25. The molecule has 0 radical (unpaired) electrons. The summed E-state index contributed by atoms with van der Waals surface area (Å²) in [6.45, 7) is 8.63. The van der Waals surface area contributed by atoms with Crippen LogP contribution in [0.5, 0.6) is 0 Å². The second kappa shape index (κ2) is 14.2. The first-order valence-corrected chi connectivity index (χ1v) is 6.27. The van der Waals surface area contributed by atoms with Gasteiger partial charge >= 0.3 is 73.1 Å². The first-order valence-electron chi connectivity index (χ1n) is 6.27. The van der Waals surface area contributed by atoms with Crippen molar-refractivity contribution in [3.8, 4) is 0 Å². The summed E-state index contributed by atoms with van der Waals surface area (Å²) in [5, 5.41) is 0. The predicted molar refractivity (Wildman–Crippen MR) is 83.1 cm³/mol. The van der Waals surface area contributed by atoms with Crippen molar-refractivity contribution in [2.24, 2.45) is 0 Å². The Hall–Kier alpha value is 0.211. The van der Waals surface area contributed by atoms with Crippen molar-refractivity contribution in [3.63, 3.8) is 0 Å². The van der Waals surface area contributed by atoms with Gasteiger partial charge in [-0.3, -0.25) is 0 Å². The monoisotopic (exact) mass is 435 g/mol. The summed E-state index contributed by atoms with van der Waals surface area (Å²) < 4.78 is 117. The van der Waals surface area contributed by atoms with E-state index in [9.17, 15) is 51.8 Å². The molecule has 1 aromatic carbocycles. The van der Waals surface area contributed by atoms with Crippen LogP contribution in [0.25, 0.3) is 0 Å². The van der Waals surface area contributed by atoms with Crippen LogP contribution in [0.15, 0.2) is 12.1 Å². The number of hydrogen-bond donors (Lipinski definition) is 0. The van der Waals surface area contributed by atoms with E-state index < -0.39 is 21.8 Å². The molecule has 16 heteroatoms. The molecule has 0 heterocycles. The fraction of sp³-hybridized carbons (Fsp3) is 0.400. The molecule has 1 aromatic rings. The van der Waals surface area contributed by atoms with E-state index >= 15 is 0 Å². The third-order valence-corrected chi connectivity index (χ3v) is 2.07. The molecule has 0 nitrogen and oxygen atoms in total. The van der Waals surface area contributed by atoms with E-state index in [4.69, 9.17) is 0 Å². The number of hydrogen-bond acceptors (Lipinski definition) is 0. The Morgan fingerprint density at radius 2 is 0.654 bits per heavy atom. The van der Waals surface area contributed by atoms with E-state index in [1.54, 1.807) is 0 Å². The number of rotatable bonds is 0. The molecule has 0 aliphatic rings. The molecule has 0 bridgehead atoms. The summed E-state index contributed by atoms with van der Waals surface area (Å²) in [6.07, 6.45) is 0. The van der Waals surface area contributed by atoms with Crippen LogP contribution in [0.1, 0.15) is 22.3 Å². The standard InChI is InChI=1S/C10H14.3BF4.K.H/c1-7-5-8(2)10(4)9(3)6-7;3*2-1(3,4)5;;/h5-6H,1-4H3;;;;;/q;3*-1;;. The van der Waals surface area contributed by atoms with Crippen LogP contribution in [-0.4, -0.2) is 73.1 Å². The molecule has 26 heavy (non-hydrogen) atoms. The molecular formula is C10H15B3F12K-3. The van der Waals surface area contributed by atoms with Gasteiger partial charge in [0.15, 0.2) is 0 Å². The van der Waals surface area contributed by atoms with E-state index in [0.29, 0.717) is 0 Å². The number of benzene rings is 1. The molecule has 152 valence electrons. The quantitative estimate of drug-likeness (QED) is 0.338. The summed E-state index contributed by atoms with van der Waals surface area (Å²) in [4.78, 5) is 0. The van der Waals surface area contributed by atoms with E-state index in [-0.39, 0.29) is 51.4 Å². The zero-order chi connectivity index (χ0) is 21.2. The van der Waals surface area contributed by atoms with Crippen LogP contribution in [0.2, 0.25) is 0 Å². The Labute approximate surface area is 185 Å². The molecule has 0 aliphatic carbocycles. The molecule has 0 spiro atoms. The van der Waals surface area contributed by atoms with Gasteiger partial charge < -0.3 is 51.8 Å². The van der Waals surface area contributed by atoms with Crippen molar-refractivity contribution in [2.75, 3.05) is 0 Å². The van der Waals surface area contributed by atoms with Crippen molar-refractivity contribution in [1.82, 2.24) is 0 Å². The van der Waals surface area contributed by atoms with Crippen molar-refractivity contribution >= 4 is 73.1 Å². The van der Waals surface area contributed by atoms with Gasteiger partial charge in [0.25, 0.3) is 0 Å². The average molecular weight is 435 g/mol. The fourth-order valence-electron chi connectivity index (χ4n) is 1.25. The maximum absolute atomic E-state index is 9.75. The summed E-state index contributed by atoms with van der Waals surface area (Å²) in [6, 6.07) is 4.45. The molecule has 0 N–H and O–H groups in total. The zero-order valence-electron chi connectivity index (χ0n) is 13.4. The molecule has 0 saturated carbocycles. The van der Waals surface area contributed by atoms with Gasteiger partial charge in [-0.15, -0.1) is 0 Å². The number of halogens is 12. The second-order valence-corrected chi connectivity index (χ2v) is 4.51. The maximum atomic E-state index is 9.75. The van der Waals surface area contributed by atoms with Gasteiger partial charge in [-0.05, 0) is 44.4 Å². The summed E-state index contributed by atoms with van der Waals surface area (Å²) in [7, 11) is -18.0. The van der Waals surface area contributed by atoms with E-state index in [0.717, 1.165) is 0 Å². The molecule has 0 aliphatic heterocycles. The van der Waals surface area contributed by atoms with Crippen molar-refractivity contribution in [2.45, 2.75) is 27.7 Å². The Bertz CT molecular complexity index is 428. The van der Waals surface area contributed by atoms with E-state index in [1.807, 2.05) is 0 Å². The zero-order valence-corrected chi connectivity index (χ0v) is 13.4. The summed E-state index contributed by atoms with van der Waals surface area (Å²) in [5.41, 5.74) is 5.58. The topological polar surface area (TPSA) is 0 Å². The van der Waals surface area contributed by atoms with Crippen LogP contribution in [-0.2, 0) is 0 Å². The van der Waals surface area contributed by atoms with Gasteiger partial charge in [0.1, 0.15) is 0 Å². The molecule has 0 unspecified atom stereocenters. The van der Waals surface area contributed by atoms with E-state index in [1.165, 1.54) is 22.3 Å². The van der Waals surface area contributed by atoms with E-state index in [2.05, 4.69) is 39.8 Å². The third-order valence-electron chi connectivity index (χ3n) is 2.07. The first-order chi connectivity index (χ1) is 10.6. The Balaban J connectivity index is -0.000000132. The average Bonchev–Trinajstić information content (AvgIpc) is 2.18. The molecule has 1 rings (SSSR count). The van der Waals surface area contributed by atoms with Crippen LogP contribution in [0.4, 0.5) is 51.8 Å². The Morgan fingerprint density at radius 1 is 0.500 bits per heavy atom. The van der Waals surface area contributed by atoms with Gasteiger partial charge in [-0.1, -0.05) is 17.7 Å².